The Morgan fingerprint density at radius 3 is 2.50 bits per heavy atom. The highest BCUT2D eigenvalue weighted by Gasteiger charge is 2.33. The number of halogens is 3. The predicted molar refractivity (Wildman–Crippen MR) is 74.7 cm³/mol. The highest BCUT2D eigenvalue weighted by Crippen LogP contribution is 2.33. The van der Waals surface area contributed by atoms with Crippen molar-refractivity contribution in [3.05, 3.63) is 23.5 Å². The number of carbonyl (C=O) groups excluding carboxylic acids is 1. The highest BCUT2D eigenvalue weighted by molar-refractivity contribution is 6.01. The van der Waals surface area contributed by atoms with Gasteiger partial charge >= 0.3 is 12.1 Å². The van der Waals surface area contributed by atoms with E-state index in [1.807, 2.05) is 4.90 Å². The van der Waals surface area contributed by atoms with Gasteiger partial charge in [0.2, 0.25) is 0 Å². The first-order valence-electron chi connectivity index (χ1n) is 6.84. The number of hydrogen-bond donors (Lipinski definition) is 0. The molecule has 0 spiro atoms. The number of rotatable bonds is 3. The number of anilines is 1. The zero-order chi connectivity index (χ0) is 16.3. The Balaban J connectivity index is 2.43. The van der Waals surface area contributed by atoms with E-state index in [1.54, 1.807) is 0 Å². The summed E-state index contributed by atoms with van der Waals surface area (Å²) >= 11 is 0. The van der Waals surface area contributed by atoms with Gasteiger partial charge in [-0.1, -0.05) is 5.16 Å². The third-order valence-electron chi connectivity index (χ3n) is 3.30. The second-order valence-electron chi connectivity index (χ2n) is 5.04. The van der Waals surface area contributed by atoms with E-state index < -0.39 is 17.7 Å². The average Bonchev–Trinajstić information content (AvgIpc) is 2.97. The maximum atomic E-state index is 12.9. The quantitative estimate of drug-likeness (QED) is 0.489. The molecule has 0 bridgehead atoms. The van der Waals surface area contributed by atoms with Gasteiger partial charge < -0.3 is 9.74 Å². The Morgan fingerprint density at radius 2 is 1.95 bits per heavy atom. The number of carbonyl (C=O) groups is 1. The first-order valence-corrected chi connectivity index (χ1v) is 6.84. The van der Waals surface area contributed by atoms with Crippen LogP contribution in [-0.2, 0) is 15.8 Å². The summed E-state index contributed by atoms with van der Waals surface area (Å²) in [5, 5.41) is 3.61. The van der Waals surface area contributed by atoms with Crippen molar-refractivity contribution < 1.29 is 22.8 Å². The summed E-state index contributed by atoms with van der Waals surface area (Å²) in [6, 6.07) is 1.07. The molecule has 0 aromatic carbocycles. The third kappa shape index (κ3) is 3.75. The zero-order valence-electron chi connectivity index (χ0n) is 12.3. The van der Waals surface area contributed by atoms with Gasteiger partial charge in [0.15, 0.2) is 0 Å². The van der Waals surface area contributed by atoms with Crippen molar-refractivity contribution >= 4 is 17.4 Å². The summed E-state index contributed by atoms with van der Waals surface area (Å²) in [6.07, 6.45) is -1.87. The van der Waals surface area contributed by atoms with Crippen LogP contribution in [0, 0.1) is 0 Å². The Labute approximate surface area is 125 Å². The summed E-state index contributed by atoms with van der Waals surface area (Å²) in [5.41, 5.74) is 0.0983. The van der Waals surface area contributed by atoms with Gasteiger partial charge in [0.25, 0.3) is 0 Å². The van der Waals surface area contributed by atoms with Crippen molar-refractivity contribution in [2.45, 2.75) is 32.9 Å². The maximum absolute atomic E-state index is 12.9. The molecule has 2 rings (SSSR count). The predicted octanol–water partition coefficient (Wildman–Crippen LogP) is 2.99. The molecule has 5 nitrogen and oxygen atoms in total. The largest absolute Gasteiger partial charge is 0.417 e. The molecule has 2 heterocycles. The Morgan fingerprint density at radius 1 is 1.32 bits per heavy atom. The molecule has 0 aliphatic carbocycles. The van der Waals surface area contributed by atoms with Crippen LogP contribution in [0.25, 0.3) is 0 Å². The van der Waals surface area contributed by atoms with Crippen LogP contribution in [0.4, 0.5) is 18.9 Å². The second-order valence-corrected chi connectivity index (χ2v) is 5.04. The average molecular weight is 315 g/mol. The molecule has 0 N–H and O–H groups in total. The minimum Gasteiger partial charge on any atom is -0.370 e. The lowest BCUT2D eigenvalue weighted by atomic mass is 10.1. The van der Waals surface area contributed by atoms with Crippen molar-refractivity contribution in [3.8, 4) is 0 Å². The number of pyridine rings is 1. The van der Waals surface area contributed by atoms with E-state index in [0.29, 0.717) is 18.8 Å². The molecule has 0 saturated carbocycles. The number of nitrogens with zero attached hydrogens (tertiary/aromatic N) is 3. The van der Waals surface area contributed by atoms with E-state index in [9.17, 15) is 18.0 Å². The van der Waals surface area contributed by atoms with E-state index in [-0.39, 0.29) is 11.4 Å². The molecule has 1 aliphatic rings. The normalized spacial score (nSPS) is 16.0. The maximum Gasteiger partial charge on any atom is 0.417 e. The van der Waals surface area contributed by atoms with Crippen LogP contribution < -0.4 is 4.90 Å². The number of alkyl halides is 3. The molecule has 0 radical (unpaired) electrons. The van der Waals surface area contributed by atoms with Gasteiger partial charge in [-0.05, 0) is 25.8 Å². The van der Waals surface area contributed by atoms with Crippen LogP contribution in [0.2, 0.25) is 0 Å². The molecule has 0 amide bonds. The molecule has 1 aromatic rings. The molecule has 1 aromatic heterocycles. The summed E-state index contributed by atoms with van der Waals surface area (Å²) in [6.45, 7) is 4.06. The monoisotopic (exact) mass is 315 g/mol. The van der Waals surface area contributed by atoms with Gasteiger partial charge in [-0.3, -0.25) is 4.98 Å². The van der Waals surface area contributed by atoms with Crippen molar-refractivity contribution in [2.24, 2.45) is 5.16 Å². The molecule has 1 fully saturated rings. The molecule has 22 heavy (non-hydrogen) atoms. The molecule has 1 saturated heterocycles. The lowest BCUT2D eigenvalue weighted by Gasteiger charge is -2.21. The minimum absolute atomic E-state index is 0.255. The van der Waals surface area contributed by atoms with Crippen molar-refractivity contribution in [2.75, 3.05) is 18.0 Å². The Bertz CT molecular complexity index is 593. The van der Waals surface area contributed by atoms with Crippen LogP contribution in [0.1, 0.15) is 37.9 Å². The van der Waals surface area contributed by atoms with E-state index in [4.69, 9.17) is 0 Å². The van der Waals surface area contributed by atoms with Crippen LogP contribution in [0.3, 0.4) is 0 Å². The molecule has 120 valence electrons. The summed E-state index contributed by atoms with van der Waals surface area (Å²) in [7, 11) is 0. The molecule has 0 unspecified atom stereocenters. The summed E-state index contributed by atoms with van der Waals surface area (Å²) in [4.78, 5) is 21.1. The Kier molecular flexibility index (Phi) is 4.68. The third-order valence-corrected chi connectivity index (χ3v) is 3.30. The van der Waals surface area contributed by atoms with Crippen molar-refractivity contribution in [1.82, 2.24) is 4.98 Å². The van der Waals surface area contributed by atoms with E-state index in [2.05, 4.69) is 15.0 Å². The van der Waals surface area contributed by atoms with Crippen LogP contribution in [0.15, 0.2) is 17.4 Å². The van der Waals surface area contributed by atoms with Gasteiger partial charge in [-0.15, -0.1) is 0 Å². The van der Waals surface area contributed by atoms with Gasteiger partial charge in [0, 0.05) is 26.2 Å². The second kappa shape index (κ2) is 6.33. The molecule has 0 atom stereocenters. The SMILES string of the molecule is CC(=O)ON=C(C)c1ncc(C(F)(F)F)cc1N1CCCC1. The van der Waals surface area contributed by atoms with Crippen LogP contribution in [-0.4, -0.2) is 29.8 Å². The Hall–Kier alpha value is -2.12. The van der Waals surface area contributed by atoms with Crippen LogP contribution >= 0.6 is 0 Å². The fraction of sp³-hybridized carbons (Fsp3) is 0.500. The topological polar surface area (TPSA) is 54.8 Å². The molecule has 1 aliphatic heterocycles. The zero-order valence-corrected chi connectivity index (χ0v) is 12.3. The number of oxime groups is 1. The summed E-state index contributed by atoms with van der Waals surface area (Å²) in [5.74, 6) is -0.603. The smallest absolute Gasteiger partial charge is 0.370 e. The lowest BCUT2D eigenvalue weighted by molar-refractivity contribution is -0.141. The van der Waals surface area contributed by atoms with Gasteiger partial charge in [-0.25, -0.2) is 4.79 Å². The molecule has 8 heteroatoms. The first-order chi connectivity index (χ1) is 10.3. The van der Waals surface area contributed by atoms with Gasteiger partial charge in [0.1, 0.15) is 11.4 Å². The lowest BCUT2D eigenvalue weighted by Crippen LogP contribution is -2.22. The van der Waals surface area contributed by atoms with Gasteiger partial charge in [-0.2, -0.15) is 13.2 Å². The van der Waals surface area contributed by atoms with E-state index >= 15 is 0 Å². The number of hydrogen-bond acceptors (Lipinski definition) is 5. The van der Waals surface area contributed by atoms with Crippen molar-refractivity contribution in [3.63, 3.8) is 0 Å². The van der Waals surface area contributed by atoms with E-state index in [0.717, 1.165) is 25.1 Å². The first kappa shape index (κ1) is 16.3. The number of aromatic nitrogens is 1. The standard InChI is InChI=1S/C14H16F3N3O2/c1-9(19-22-10(2)21)13-12(20-5-3-4-6-20)7-11(8-18-13)14(15,16)17/h7-8H,3-6H2,1-2H3. The fourth-order valence-corrected chi connectivity index (χ4v) is 2.26. The minimum atomic E-state index is -4.46. The fourth-order valence-electron chi connectivity index (χ4n) is 2.26. The molecular weight excluding hydrogens is 299 g/mol. The van der Waals surface area contributed by atoms with Crippen molar-refractivity contribution in [1.29, 1.82) is 0 Å². The van der Waals surface area contributed by atoms with E-state index in [1.165, 1.54) is 13.8 Å². The summed E-state index contributed by atoms with van der Waals surface area (Å²) < 4.78 is 38.7. The van der Waals surface area contributed by atoms with Gasteiger partial charge in [0.05, 0.1) is 11.3 Å². The highest BCUT2D eigenvalue weighted by atomic mass is 19.4. The molecular formula is C14H16F3N3O2. The van der Waals surface area contributed by atoms with Crippen LogP contribution in [0.5, 0.6) is 0 Å².